The number of hydrogen-bond acceptors (Lipinski definition) is 12. The molecule has 0 bridgehead atoms. The van der Waals surface area contributed by atoms with Gasteiger partial charge >= 0.3 is 35.8 Å². The topological polar surface area (TPSA) is 158 Å². The maximum Gasteiger partial charge on any atom is 0.303 e. The fourth-order valence-corrected chi connectivity index (χ4v) is 2.31. The minimum atomic E-state index is -1.57. The van der Waals surface area contributed by atoms with Gasteiger partial charge in [0.2, 0.25) is 0 Å². The van der Waals surface area contributed by atoms with Crippen LogP contribution in [0.4, 0.5) is 0 Å². The molecule has 170 valence electrons. The van der Waals surface area contributed by atoms with E-state index in [9.17, 15) is 28.8 Å². The highest BCUT2D eigenvalue weighted by molar-refractivity contribution is 5.69. The highest BCUT2D eigenvalue weighted by atomic mass is 16.6. The molecule has 12 nitrogen and oxygen atoms in total. The van der Waals surface area contributed by atoms with Crippen LogP contribution < -0.4 is 0 Å². The van der Waals surface area contributed by atoms with E-state index in [1.54, 1.807) is 0 Å². The molecule has 0 unspecified atom stereocenters. The van der Waals surface area contributed by atoms with E-state index < -0.39 is 73.4 Å². The number of carbonyl (C=O) groups excluding carboxylic acids is 6. The summed E-state index contributed by atoms with van der Waals surface area (Å²) >= 11 is 0. The van der Waals surface area contributed by atoms with Crippen molar-refractivity contribution in [2.24, 2.45) is 0 Å². The molecule has 0 fully saturated rings. The van der Waals surface area contributed by atoms with Gasteiger partial charge in [-0.3, -0.25) is 28.8 Å². The van der Waals surface area contributed by atoms with Crippen molar-refractivity contribution in [3.05, 3.63) is 0 Å². The molecule has 0 rings (SSSR count). The molecule has 30 heavy (non-hydrogen) atoms. The lowest BCUT2D eigenvalue weighted by Gasteiger charge is -2.35. The second-order valence-electron chi connectivity index (χ2n) is 6.05. The minimum Gasteiger partial charge on any atom is -0.462 e. The van der Waals surface area contributed by atoms with E-state index in [4.69, 9.17) is 28.4 Å². The summed E-state index contributed by atoms with van der Waals surface area (Å²) in [6.45, 7) is 5.22. The lowest BCUT2D eigenvalue weighted by molar-refractivity contribution is -0.206. The molecule has 0 amide bonds. The average molecular weight is 434 g/mol. The average Bonchev–Trinajstić information content (AvgIpc) is 2.57. The van der Waals surface area contributed by atoms with Crippen LogP contribution in [0.1, 0.15) is 41.5 Å². The van der Waals surface area contributed by atoms with Crippen molar-refractivity contribution in [1.29, 1.82) is 0 Å². The molecule has 0 N–H and O–H groups in total. The van der Waals surface area contributed by atoms with Gasteiger partial charge in [-0.2, -0.15) is 0 Å². The number of esters is 6. The van der Waals surface area contributed by atoms with Gasteiger partial charge in [0.05, 0.1) is 0 Å². The van der Waals surface area contributed by atoms with E-state index in [1.807, 2.05) is 0 Å². The second-order valence-corrected chi connectivity index (χ2v) is 6.05. The fourth-order valence-electron chi connectivity index (χ4n) is 2.31. The van der Waals surface area contributed by atoms with E-state index in [0.29, 0.717) is 0 Å². The third-order valence-electron chi connectivity index (χ3n) is 3.20. The fraction of sp³-hybridized carbons (Fsp3) is 0.667. The first-order chi connectivity index (χ1) is 13.8. The summed E-state index contributed by atoms with van der Waals surface area (Å²) in [7, 11) is 0. The van der Waals surface area contributed by atoms with Crippen LogP contribution >= 0.6 is 0 Å². The molecule has 0 radical (unpaired) electrons. The van der Waals surface area contributed by atoms with Crippen LogP contribution in [-0.4, -0.2) is 73.4 Å². The van der Waals surface area contributed by atoms with Crippen LogP contribution in [0.2, 0.25) is 0 Å². The smallest absolute Gasteiger partial charge is 0.303 e. The van der Waals surface area contributed by atoms with Gasteiger partial charge in [0, 0.05) is 41.5 Å². The Labute approximate surface area is 173 Å². The van der Waals surface area contributed by atoms with Crippen molar-refractivity contribution in [3.8, 4) is 0 Å². The summed E-state index contributed by atoms with van der Waals surface area (Å²) in [4.78, 5) is 68.8. The van der Waals surface area contributed by atoms with E-state index >= 15 is 0 Å². The lowest BCUT2D eigenvalue weighted by atomic mass is 10.0. The van der Waals surface area contributed by atoms with Crippen molar-refractivity contribution in [1.82, 2.24) is 0 Å². The summed E-state index contributed by atoms with van der Waals surface area (Å²) in [5, 5.41) is 0. The molecule has 0 aromatic rings. The molecule has 0 aliphatic rings. The highest BCUT2D eigenvalue weighted by Crippen LogP contribution is 2.20. The first-order valence-electron chi connectivity index (χ1n) is 8.79. The van der Waals surface area contributed by atoms with E-state index in [1.165, 1.54) is 0 Å². The van der Waals surface area contributed by atoms with Gasteiger partial charge < -0.3 is 28.4 Å². The Morgan fingerprint density at radius 3 is 0.933 bits per heavy atom. The second kappa shape index (κ2) is 13.1. The Hall–Kier alpha value is -3.18. The summed E-state index contributed by atoms with van der Waals surface area (Å²) in [6.07, 6.45) is -6.02. The Bertz CT molecular complexity index is 600. The maximum absolute atomic E-state index is 11.7. The van der Waals surface area contributed by atoms with Crippen LogP contribution in [0.3, 0.4) is 0 Å². The first-order valence-corrected chi connectivity index (χ1v) is 8.79. The summed E-state index contributed by atoms with van der Waals surface area (Å²) in [6, 6.07) is 0. The summed E-state index contributed by atoms with van der Waals surface area (Å²) < 4.78 is 30.2. The molecular weight excluding hydrogens is 408 g/mol. The van der Waals surface area contributed by atoms with Crippen molar-refractivity contribution in [2.45, 2.75) is 66.0 Å². The molecule has 0 heterocycles. The third kappa shape index (κ3) is 11.6. The zero-order chi connectivity index (χ0) is 23.4. The largest absolute Gasteiger partial charge is 0.462 e. The predicted molar refractivity (Wildman–Crippen MR) is 95.5 cm³/mol. The van der Waals surface area contributed by atoms with Crippen LogP contribution in [0.25, 0.3) is 0 Å². The Morgan fingerprint density at radius 2 is 0.733 bits per heavy atom. The van der Waals surface area contributed by atoms with Gasteiger partial charge in [0.1, 0.15) is 13.2 Å². The quantitative estimate of drug-likeness (QED) is 0.313. The first kappa shape index (κ1) is 26.8. The molecule has 0 aliphatic heterocycles. The molecule has 12 heteroatoms. The Balaban J connectivity index is 6.19. The standard InChI is InChI=1S/C18H26O12/c1-9(19)25-7-15(27-11(3)21)17(29-13(5)23)18(30-14(6)24)16(28-12(4)22)8-26-10(2)20/h15-18H,7-8H2,1-6H3/t15-,16-,17+,18+/m0/s1. The molecule has 0 saturated carbocycles. The Morgan fingerprint density at radius 1 is 0.467 bits per heavy atom. The normalized spacial score (nSPS) is 14.2. The summed E-state index contributed by atoms with van der Waals surface area (Å²) in [5.41, 5.74) is 0. The number of carbonyl (C=O) groups is 6. The SMILES string of the molecule is CC(=O)OC[C@H](OC(C)=O)[C@@H](OC(C)=O)[C@H](OC(C)=O)[C@H](COC(C)=O)OC(C)=O. The Kier molecular flexibility index (Phi) is 11.7. The monoisotopic (exact) mass is 434 g/mol. The molecule has 0 aromatic heterocycles. The predicted octanol–water partition coefficient (Wildman–Crippen LogP) is -0.161. The lowest BCUT2D eigenvalue weighted by Crippen LogP contribution is -2.54. The third-order valence-corrected chi connectivity index (χ3v) is 3.20. The zero-order valence-electron chi connectivity index (χ0n) is 17.6. The molecule has 0 spiro atoms. The van der Waals surface area contributed by atoms with E-state index in [0.717, 1.165) is 41.5 Å². The number of ether oxygens (including phenoxy) is 6. The van der Waals surface area contributed by atoms with Crippen molar-refractivity contribution in [3.63, 3.8) is 0 Å². The highest BCUT2D eigenvalue weighted by Gasteiger charge is 2.44. The van der Waals surface area contributed by atoms with Crippen molar-refractivity contribution in [2.75, 3.05) is 13.2 Å². The zero-order valence-corrected chi connectivity index (χ0v) is 17.6. The van der Waals surface area contributed by atoms with Crippen LogP contribution in [0.15, 0.2) is 0 Å². The molecule has 0 aromatic carbocycles. The molecule has 4 atom stereocenters. The minimum absolute atomic E-state index is 0.565. The van der Waals surface area contributed by atoms with Gasteiger partial charge in [-0.15, -0.1) is 0 Å². The van der Waals surface area contributed by atoms with Crippen molar-refractivity contribution < 1.29 is 57.2 Å². The summed E-state index contributed by atoms with van der Waals surface area (Å²) in [5.74, 6) is -4.84. The number of hydrogen-bond donors (Lipinski definition) is 0. The molecule has 0 aliphatic carbocycles. The van der Waals surface area contributed by atoms with Gasteiger partial charge in [0.15, 0.2) is 24.4 Å². The molecular formula is C18H26O12. The van der Waals surface area contributed by atoms with Gasteiger partial charge in [-0.1, -0.05) is 0 Å². The maximum atomic E-state index is 11.7. The van der Waals surface area contributed by atoms with Gasteiger partial charge in [-0.05, 0) is 0 Å². The number of rotatable bonds is 11. The van der Waals surface area contributed by atoms with Gasteiger partial charge in [-0.25, -0.2) is 0 Å². The van der Waals surface area contributed by atoms with Crippen molar-refractivity contribution >= 4 is 35.8 Å². The van der Waals surface area contributed by atoms with E-state index in [2.05, 4.69) is 0 Å². The van der Waals surface area contributed by atoms with Gasteiger partial charge in [0.25, 0.3) is 0 Å². The van der Waals surface area contributed by atoms with E-state index in [-0.39, 0.29) is 0 Å². The molecule has 0 saturated heterocycles. The van der Waals surface area contributed by atoms with Crippen LogP contribution in [0.5, 0.6) is 0 Å². The van der Waals surface area contributed by atoms with Crippen LogP contribution in [-0.2, 0) is 57.2 Å². The van der Waals surface area contributed by atoms with Crippen LogP contribution in [0, 0.1) is 0 Å².